The molecule has 2 fully saturated rings. The second-order valence-electron chi connectivity index (χ2n) is 9.49. The normalized spacial score (nSPS) is 27.7. The topological polar surface area (TPSA) is 94.2 Å². The van der Waals surface area contributed by atoms with Gasteiger partial charge in [-0.15, -0.1) is 0 Å². The van der Waals surface area contributed by atoms with E-state index in [4.69, 9.17) is 14.2 Å². The molecule has 0 aromatic heterocycles. The number of esters is 1. The largest absolute Gasteiger partial charge is 0.469 e. The number of alkyl carbamates (subject to hydrolysis) is 1. The van der Waals surface area contributed by atoms with Crippen molar-refractivity contribution in [3.8, 4) is 0 Å². The molecule has 0 aromatic carbocycles. The third-order valence-corrected chi connectivity index (χ3v) is 4.84. The van der Waals surface area contributed by atoms with Gasteiger partial charge in [-0.3, -0.25) is 4.79 Å². The van der Waals surface area contributed by atoms with Gasteiger partial charge in [0.1, 0.15) is 11.2 Å². The van der Waals surface area contributed by atoms with Crippen LogP contribution in [0, 0.1) is 11.3 Å². The standard InChI is InChI=1S/C19H32N2O6/c1-17(2,3)26-15(23)20-13-8-12-10-21(16(24)27-18(4,5)6)11-19(12,9-13)14(22)25-7/h12-13H,8-11H2,1-7H3,(H,20,23). The lowest BCUT2D eigenvalue weighted by atomic mass is 9.81. The number of hydrogen-bond acceptors (Lipinski definition) is 6. The van der Waals surface area contributed by atoms with Gasteiger partial charge in [-0.25, -0.2) is 9.59 Å². The number of ether oxygens (including phenoxy) is 3. The number of carbonyl (C=O) groups is 3. The summed E-state index contributed by atoms with van der Waals surface area (Å²) in [5, 5.41) is 2.85. The highest BCUT2D eigenvalue weighted by molar-refractivity contribution is 5.81. The van der Waals surface area contributed by atoms with E-state index in [1.807, 2.05) is 0 Å². The number of amides is 2. The van der Waals surface area contributed by atoms with Gasteiger partial charge >= 0.3 is 18.2 Å². The van der Waals surface area contributed by atoms with E-state index in [9.17, 15) is 14.4 Å². The first kappa shape index (κ1) is 21.3. The van der Waals surface area contributed by atoms with Gasteiger partial charge < -0.3 is 24.4 Å². The molecule has 8 nitrogen and oxygen atoms in total. The molecule has 3 atom stereocenters. The minimum atomic E-state index is -0.828. The molecule has 27 heavy (non-hydrogen) atoms. The third-order valence-electron chi connectivity index (χ3n) is 4.84. The molecule has 1 N–H and O–H groups in total. The number of fused-ring (bicyclic) bond motifs is 1. The van der Waals surface area contributed by atoms with Crippen LogP contribution in [0.1, 0.15) is 54.4 Å². The Bertz CT molecular complexity index is 606. The predicted molar refractivity (Wildman–Crippen MR) is 98.1 cm³/mol. The Morgan fingerprint density at radius 1 is 1.04 bits per heavy atom. The molecule has 8 heteroatoms. The van der Waals surface area contributed by atoms with Crippen molar-refractivity contribution in [2.45, 2.75) is 71.6 Å². The molecule has 2 rings (SSSR count). The fourth-order valence-corrected chi connectivity index (χ4v) is 3.94. The van der Waals surface area contributed by atoms with Crippen LogP contribution in [-0.2, 0) is 19.0 Å². The van der Waals surface area contributed by atoms with Gasteiger partial charge in [0, 0.05) is 19.1 Å². The molecule has 0 radical (unpaired) electrons. The summed E-state index contributed by atoms with van der Waals surface area (Å²) in [6.45, 7) is 11.4. The Kier molecular flexibility index (Phi) is 5.69. The van der Waals surface area contributed by atoms with Gasteiger partial charge in [-0.05, 0) is 60.3 Å². The molecule has 0 aromatic rings. The first-order valence-electron chi connectivity index (χ1n) is 9.31. The maximum absolute atomic E-state index is 12.6. The highest BCUT2D eigenvalue weighted by Crippen LogP contribution is 2.49. The van der Waals surface area contributed by atoms with E-state index < -0.39 is 28.8 Å². The van der Waals surface area contributed by atoms with E-state index in [1.54, 1.807) is 46.4 Å². The minimum absolute atomic E-state index is 0.0996. The molecule has 1 aliphatic heterocycles. The van der Waals surface area contributed by atoms with E-state index in [2.05, 4.69) is 5.32 Å². The van der Waals surface area contributed by atoms with E-state index in [0.29, 0.717) is 19.4 Å². The Labute approximate surface area is 160 Å². The quantitative estimate of drug-likeness (QED) is 0.581. The van der Waals surface area contributed by atoms with Gasteiger partial charge in [-0.2, -0.15) is 0 Å². The number of likely N-dealkylation sites (tertiary alicyclic amines) is 1. The van der Waals surface area contributed by atoms with E-state index in [0.717, 1.165) is 0 Å². The molecule has 1 saturated carbocycles. The molecule has 1 aliphatic carbocycles. The van der Waals surface area contributed by atoms with Crippen molar-refractivity contribution in [3.05, 3.63) is 0 Å². The highest BCUT2D eigenvalue weighted by atomic mass is 16.6. The molecule has 1 saturated heterocycles. The Morgan fingerprint density at radius 2 is 1.63 bits per heavy atom. The Balaban J connectivity index is 2.08. The maximum atomic E-state index is 12.6. The van der Waals surface area contributed by atoms with Gasteiger partial charge in [0.05, 0.1) is 12.5 Å². The van der Waals surface area contributed by atoms with E-state index >= 15 is 0 Å². The maximum Gasteiger partial charge on any atom is 0.410 e. The Morgan fingerprint density at radius 3 is 2.15 bits per heavy atom. The number of carbonyl (C=O) groups excluding carboxylic acids is 3. The van der Waals surface area contributed by atoms with Gasteiger partial charge in [0.15, 0.2) is 0 Å². The molecule has 154 valence electrons. The van der Waals surface area contributed by atoms with Crippen LogP contribution >= 0.6 is 0 Å². The number of hydrogen-bond donors (Lipinski definition) is 1. The van der Waals surface area contributed by atoms with Crippen molar-refractivity contribution in [2.75, 3.05) is 20.2 Å². The van der Waals surface area contributed by atoms with Gasteiger partial charge in [0.2, 0.25) is 0 Å². The highest BCUT2D eigenvalue weighted by Gasteiger charge is 2.60. The van der Waals surface area contributed by atoms with Crippen LogP contribution in [-0.4, -0.2) is 60.5 Å². The summed E-state index contributed by atoms with van der Waals surface area (Å²) in [4.78, 5) is 38.6. The summed E-state index contributed by atoms with van der Waals surface area (Å²) in [5.74, 6) is -0.454. The first-order chi connectivity index (χ1) is 12.3. The van der Waals surface area contributed by atoms with Crippen molar-refractivity contribution in [2.24, 2.45) is 11.3 Å². The summed E-state index contributed by atoms with van der Waals surface area (Å²) in [5.41, 5.74) is -2.02. The first-order valence-corrected chi connectivity index (χ1v) is 9.31. The van der Waals surface area contributed by atoms with Crippen molar-refractivity contribution < 1.29 is 28.6 Å². The molecule has 1 heterocycles. The fraction of sp³-hybridized carbons (Fsp3) is 0.842. The smallest absolute Gasteiger partial charge is 0.410 e. The summed E-state index contributed by atoms with van der Waals surface area (Å²) in [6.07, 6.45) is 0.0459. The molecular weight excluding hydrogens is 352 g/mol. The average Bonchev–Trinajstić information content (AvgIpc) is 2.96. The fourth-order valence-electron chi connectivity index (χ4n) is 3.94. The number of rotatable bonds is 2. The van der Waals surface area contributed by atoms with Crippen molar-refractivity contribution >= 4 is 18.2 Å². The number of nitrogens with zero attached hydrogens (tertiary/aromatic N) is 1. The lowest BCUT2D eigenvalue weighted by Gasteiger charge is -2.28. The summed E-state index contributed by atoms with van der Waals surface area (Å²) >= 11 is 0. The summed E-state index contributed by atoms with van der Waals surface area (Å²) in [6, 6.07) is -0.204. The second-order valence-corrected chi connectivity index (χ2v) is 9.49. The van der Waals surface area contributed by atoms with Crippen molar-refractivity contribution in [3.63, 3.8) is 0 Å². The number of nitrogens with one attached hydrogen (secondary N) is 1. The van der Waals surface area contributed by atoms with Crippen LogP contribution in [0.5, 0.6) is 0 Å². The molecule has 3 unspecified atom stereocenters. The lowest BCUT2D eigenvalue weighted by Crippen LogP contribution is -2.43. The van der Waals surface area contributed by atoms with Crippen LogP contribution in [0.15, 0.2) is 0 Å². The van der Waals surface area contributed by atoms with Crippen LogP contribution < -0.4 is 5.32 Å². The monoisotopic (exact) mass is 384 g/mol. The molecule has 0 spiro atoms. The zero-order valence-corrected chi connectivity index (χ0v) is 17.4. The minimum Gasteiger partial charge on any atom is -0.469 e. The number of methoxy groups -OCH3 is 1. The Hall–Kier alpha value is -1.99. The van der Waals surface area contributed by atoms with Crippen molar-refractivity contribution in [1.82, 2.24) is 10.2 Å². The van der Waals surface area contributed by atoms with Gasteiger partial charge in [0.25, 0.3) is 0 Å². The summed E-state index contributed by atoms with van der Waals surface area (Å²) < 4.78 is 15.8. The van der Waals surface area contributed by atoms with Crippen LogP contribution in [0.2, 0.25) is 0 Å². The lowest BCUT2D eigenvalue weighted by molar-refractivity contribution is -0.153. The molecule has 2 aliphatic rings. The third kappa shape index (κ3) is 5.05. The van der Waals surface area contributed by atoms with Crippen LogP contribution in [0.4, 0.5) is 9.59 Å². The van der Waals surface area contributed by atoms with Crippen LogP contribution in [0.25, 0.3) is 0 Å². The molecular formula is C19H32N2O6. The average molecular weight is 384 g/mol. The zero-order chi connectivity index (χ0) is 20.6. The van der Waals surface area contributed by atoms with Gasteiger partial charge in [-0.1, -0.05) is 0 Å². The zero-order valence-electron chi connectivity index (χ0n) is 17.4. The summed E-state index contributed by atoms with van der Waals surface area (Å²) in [7, 11) is 1.35. The van der Waals surface area contributed by atoms with E-state index in [1.165, 1.54) is 7.11 Å². The predicted octanol–water partition coefficient (Wildman–Crippen LogP) is 2.70. The van der Waals surface area contributed by atoms with E-state index in [-0.39, 0.29) is 24.5 Å². The molecule has 0 bridgehead atoms. The SMILES string of the molecule is COC(=O)C12CC(NC(=O)OC(C)(C)C)CC1CN(C(=O)OC(C)(C)C)C2. The molecule has 2 amide bonds. The van der Waals surface area contributed by atoms with Crippen LogP contribution in [0.3, 0.4) is 0 Å². The van der Waals surface area contributed by atoms with Crippen molar-refractivity contribution in [1.29, 1.82) is 0 Å². The second kappa shape index (κ2) is 7.20.